The Morgan fingerprint density at radius 3 is 1.47 bits per heavy atom. The maximum atomic E-state index is 12.6. The smallest absolute Gasteiger partial charge is 0.457 e. The second-order valence-corrected chi connectivity index (χ2v) is 16.7. The molecule has 0 spiro atoms. The summed E-state index contributed by atoms with van der Waals surface area (Å²) in [6.45, 7) is 4.80. The number of phosphoric ester groups is 1. The maximum absolute atomic E-state index is 12.6. The van der Waals surface area contributed by atoms with Crippen LogP contribution in [0.15, 0.2) is 60.8 Å². The third-order valence-corrected chi connectivity index (χ3v) is 10.7. The molecule has 0 bridgehead atoms. The first-order valence-corrected chi connectivity index (χ1v) is 24.8. The minimum atomic E-state index is -4.29. The molecule has 0 amide bonds. The molecule has 0 aliphatic rings. The van der Waals surface area contributed by atoms with Crippen LogP contribution in [0.5, 0.6) is 0 Å². The summed E-state index contributed by atoms with van der Waals surface area (Å²) in [6.07, 6.45) is 55.2. The second kappa shape index (κ2) is 45.3. The van der Waals surface area contributed by atoms with Crippen LogP contribution in [0.2, 0.25) is 0 Å². The van der Waals surface area contributed by atoms with E-state index in [4.69, 9.17) is 24.3 Å². The minimum absolute atomic E-state index is 0.0954. The fraction of sp³-hybridized carbons (Fsp3) is 0.771. The van der Waals surface area contributed by atoms with Gasteiger partial charge in [-0.25, -0.2) is 4.57 Å². The van der Waals surface area contributed by atoms with Crippen molar-refractivity contribution in [1.82, 2.24) is 0 Å². The monoisotopic (exact) mass is 822 g/mol. The van der Waals surface area contributed by atoms with Crippen LogP contribution in [0.25, 0.3) is 0 Å². The number of esters is 1. The van der Waals surface area contributed by atoms with Crippen LogP contribution in [0.4, 0.5) is 0 Å². The molecule has 3 N–H and O–H groups in total. The van der Waals surface area contributed by atoms with Gasteiger partial charge < -0.3 is 20.1 Å². The third kappa shape index (κ3) is 45.1. The summed E-state index contributed by atoms with van der Waals surface area (Å²) < 4.78 is 33.5. The van der Waals surface area contributed by atoms with Crippen molar-refractivity contribution < 1.29 is 32.8 Å². The van der Waals surface area contributed by atoms with Gasteiger partial charge in [0.1, 0.15) is 6.10 Å². The van der Waals surface area contributed by atoms with Crippen LogP contribution in [0.1, 0.15) is 200 Å². The highest BCUT2D eigenvalue weighted by molar-refractivity contribution is 7.47. The highest BCUT2D eigenvalue weighted by Gasteiger charge is 2.25. The third-order valence-electron chi connectivity index (χ3n) is 9.70. The fourth-order valence-corrected chi connectivity index (χ4v) is 7.08. The Morgan fingerprint density at radius 2 is 0.982 bits per heavy atom. The molecule has 0 heterocycles. The standard InChI is InChI=1S/C48H88NO7P/c1-3-5-7-9-11-13-15-17-19-21-22-23-24-25-27-29-31-33-35-37-39-41-48(50)56-47(46-55-57(51,52)54-44-42-49)45-53-43-40-38-36-34-32-30-28-26-20-18-16-14-12-10-8-6-4-2/h5,7,11,13,17,19,22-23,25,27,47H,3-4,6,8-10,12,14-16,18,20-21,24,26,28-46,49H2,1-2H3,(H,51,52)/b7-5-,13-11-,19-17-,23-22-,27-25-. The van der Waals surface area contributed by atoms with E-state index in [9.17, 15) is 14.3 Å². The number of unbranched alkanes of at least 4 members (excludes halogenated alkanes) is 21. The Bertz CT molecular complexity index is 1060. The normalized spacial score (nSPS) is 14.0. The molecule has 0 rings (SSSR count). The van der Waals surface area contributed by atoms with Crippen molar-refractivity contribution in [2.45, 2.75) is 206 Å². The van der Waals surface area contributed by atoms with Crippen molar-refractivity contribution in [3.05, 3.63) is 60.8 Å². The van der Waals surface area contributed by atoms with Gasteiger partial charge in [-0.3, -0.25) is 13.8 Å². The van der Waals surface area contributed by atoms with E-state index in [1.807, 2.05) is 0 Å². The quantitative estimate of drug-likeness (QED) is 0.0270. The van der Waals surface area contributed by atoms with Gasteiger partial charge in [-0.2, -0.15) is 0 Å². The molecular weight excluding hydrogens is 734 g/mol. The Balaban J connectivity index is 4.04. The van der Waals surface area contributed by atoms with Crippen LogP contribution >= 0.6 is 7.82 Å². The molecule has 0 aromatic carbocycles. The van der Waals surface area contributed by atoms with E-state index in [-0.39, 0.29) is 32.3 Å². The van der Waals surface area contributed by atoms with Gasteiger partial charge >= 0.3 is 13.8 Å². The summed E-state index contributed by atoms with van der Waals surface area (Å²) in [6, 6.07) is 0. The van der Waals surface area contributed by atoms with Crippen LogP contribution in [0, 0.1) is 0 Å². The molecule has 332 valence electrons. The van der Waals surface area contributed by atoms with E-state index >= 15 is 0 Å². The lowest BCUT2D eigenvalue weighted by Crippen LogP contribution is -2.28. The molecule has 0 aliphatic heterocycles. The molecule has 2 unspecified atom stereocenters. The zero-order chi connectivity index (χ0) is 41.6. The van der Waals surface area contributed by atoms with Crippen LogP contribution in [0.3, 0.4) is 0 Å². The van der Waals surface area contributed by atoms with Gasteiger partial charge in [-0.05, 0) is 57.8 Å². The first kappa shape index (κ1) is 55.2. The molecule has 0 fully saturated rings. The number of ether oxygens (including phenoxy) is 2. The van der Waals surface area contributed by atoms with Gasteiger partial charge in [-0.1, -0.05) is 197 Å². The van der Waals surface area contributed by atoms with Gasteiger partial charge in [-0.15, -0.1) is 0 Å². The minimum Gasteiger partial charge on any atom is -0.457 e. The molecule has 0 radical (unpaired) electrons. The summed E-state index contributed by atoms with van der Waals surface area (Å²) in [5.41, 5.74) is 5.38. The number of hydrogen-bond acceptors (Lipinski definition) is 7. The number of allylic oxidation sites excluding steroid dienone is 10. The Labute approximate surface area is 351 Å². The van der Waals surface area contributed by atoms with Crippen molar-refractivity contribution >= 4 is 13.8 Å². The Hall–Kier alpha value is -1.80. The molecular formula is C48H88NO7P. The van der Waals surface area contributed by atoms with Crippen LogP contribution < -0.4 is 5.73 Å². The van der Waals surface area contributed by atoms with Crippen LogP contribution in [-0.2, 0) is 27.9 Å². The lowest BCUT2D eigenvalue weighted by atomic mass is 10.0. The number of carbonyl (C=O) groups excluding carboxylic acids is 1. The van der Waals surface area contributed by atoms with Crippen molar-refractivity contribution in [1.29, 1.82) is 0 Å². The van der Waals surface area contributed by atoms with Crippen molar-refractivity contribution in [2.24, 2.45) is 5.73 Å². The van der Waals surface area contributed by atoms with Gasteiger partial charge in [0.25, 0.3) is 0 Å². The van der Waals surface area contributed by atoms with E-state index in [1.165, 1.54) is 96.3 Å². The van der Waals surface area contributed by atoms with E-state index in [2.05, 4.69) is 74.6 Å². The Morgan fingerprint density at radius 1 is 0.544 bits per heavy atom. The number of nitrogens with two attached hydrogens (primary N) is 1. The molecule has 0 aromatic rings. The maximum Gasteiger partial charge on any atom is 0.472 e. The number of rotatable bonds is 44. The van der Waals surface area contributed by atoms with Crippen LogP contribution in [-0.4, -0.2) is 49.9 Å². The molecule has 9 heteroatoms. The zero-order valence-electron chi connectivity index (χ0n) is 36.8. The van der Waals surface area contributed by atoms with Gasteiger partial charge in [0.15, 0.2) is 0 Å². The SMILES string of the molecule is CC/C=C\C/C=C\C/C=C\C/C=C\C/C=C\CCCCCCCC(=O)OC(COCCCCCCCCCCCCCCCCCCC)COP(=O)(O)OCCN. The predicted molar refractivity (Wildman–Crippen MR) is 242 cm³/mol. The lowest BCUT2D eigenvalue weighted by Gasteiger charge is -2.20. The van der Waals surface area contributed by atoms with Crippen molar-refractivity contribution in [3.8, 4) is 0 Å². The average molecular weight is 822 g/mol. The molecule has 0 saturated heterocycles. The summed E-state index contributed by atoms with van der Waals surface area (Å²) in [4.78, 5) is 22.5. The fourth-order valence-electron chi connectivity index (χ4n) is 6.32. The molecule has 2 atom stereocenters. The van der Waals surface area contributed by atoms with Crippen molar-refractivity contribution in [2.75, 3.05) is 33.0 Å². The largest absolute Gasteiger partial charge is 0.472 e. The molecule has 57 heavy (non-hydrogen) atoms. The van der Waals surface area contributed by atoms with E-state index in [0.29, 0.717) is 13.0 Å². The van der Waals surface area contributed by atoms with E-state index in [1.54, 1.807) is 0 Å². The van der Waals surface area contributed by atoms with Gasteiger partial charge in [0, 0.05) is 19.6 Å². The molecule has 8 nitrogen and oxygen atoms in total. The van der Waals surface area contributed by atoms with Crippen molar-refractivity contribution in [3.63, 3.8) is 0 Å². The Kier molecular flexibility index (Phi) is 43.9. The molecule has 0 saturated carbocycles. The van der Waals surface area contributed by atoms with E-state index < -0.39 is 13.9 Å². The molecule has 0 aliphatic carbocycles. The van der Waals surface area contributed by atoms with Gasteiger partial charge in [0.05, 0.1) is 19.8 Å². The number of carbonyl (C=O) groups is 1. The highest BCUT2D eigenvalue weighted by atomic mass is 31.2. The summed E-state index contributed by atoms with van der Waals surface area (Å²) in [5.74, 6) is -0.348. The first-order chi connectivity index (χ1) is 27.9. The first-order valence-electron chi connectivity index (χ1n) is 23.3. The summed E-state index contributed by atoms with van der Waals surface area (Å²) in [7, 11) is -4.29. The predicted octanol–water partition coefficient (Wildman–Crippen LogP) is 14.1. The van der Waals surface area contributed by atoms with Gasteiger partial charge in [0.2, 0.25) is 0 Å². The number of hydrogen-bond donors (Lipinski definition) is 2. The average Bonchev–Trinajstić information content (AvgIpc) is 3.20. The summed E-state index contributed by atoms with van der Waals surface area (Å²) >= 11 is 0. The summed E-state index contributed by atoms with van der Waals surface area (Å²) in [5, 5.41) is 0. The second-order valence-electron chi connectivity index (χ2n) is 15.2. The topological polar surface area (TPSA) is 117 Å². The molecule has 0 aromatic heterocycles. The zero-order valence-corrected chi connectivity index (χ0v) is 37.7. The lowest BCUT2D eigenvalue weighted by molar-refractivity contribution is -0.154. The number of phosphoric acid groups is 1. The highest BCUT2D eigenvalue weighted by Crippen LogP contribution is 2.43. The van der Waals surface area contributed by atoms with E-state index in [0.717, 1.165) is 83.5 Å².